The zero-order chi connectivity index (χ0) is 46.8. The van der Waals surface area contributed by atoms with E-state index in [0.29, 0.717) is 0 Å². The topological polar surface area (TPSA) is 498 Å². The number of aliphatic hydroxyl groups excluding tert-OH is 5. The minimum absolute atomic E-state index is 0.00921. The van der Waals surface area contributed by atoms with Crippen LogP contribution in [0.3, 0.4) is 0 Å². The van der Waals surface area contributed by atoms with E-state index in [0.717, 1.165) is 34.4 Å². The molecule has 3 fully saturated rings. The lowest BCUT2D eigenvalue weighted by Crippen LogP contribution is -2.37. The molecule has 14 atom stereocenters. The van der Waals surface area contributed by atoms with Crippen LogP contribution in [0, 0.1) is 0 Å². The minimum Gasteiger partial charge on any atom is -0.394 e. The first-order valence-corrected chi connectivity index (χ1v) is 22.0. The molecule has 6 aromatic rings. The van der Waals surface area contributed by atoms with Gasteiger partial charge in [0, 0.05) is 4.91 Å². The highest BCUT2D eigenvalue weighted by Gasteiger charge is 2.53. The van der Waals surface area contributed by atoms with Gasteiger partial charge in [0.2, 0.25) is 5.95 Å². The molecule has 0 bridgehead atoms. The van der Waals surface area contributed by atoms with E-state index in [9.17, 15) is 44.4 Å². The molecule has 9 heterocycles. The van der Waals surface area contributed by atoms with Crippen molar-refractivity contribution in [3.05, 3.63) is 42.1 Å². The minimum atomic E-state index is -5.38. The zero-order valence-corrected chi connectivity index (χ0v) is 34.9. The second-order valence-electron chi connectivity index (χ2n) is 14.6. The van der Waals surface area contributed by atoms with E-state index in [-0.39, 0.29) is 56.9 Å². The number of phosphoric ester groups is 2. The van der Waals surface area contributed by atoms with Crippen LogP contribution in [0.5, 0.6) is 0 Å². The third-order valence-corrected chi connectivity index (χ3v) is 12.6. The summed E-state index contributed by atoms with van der Waals surface area (Å²) >= 11 is 0. The van der Waals surface area contributed by atoms with E-state index in [4.69, 9.17) is 55.0 Å². The first-order chi connectivity index (χ1) is 31.5. The number of hydrogen-bond acceptors (Lipinski definition) is 27. The van der Waals surface area contributed by atoms with E-state index >= 15 is 0 Å². The van der Waals surface area contributed by atoms with Crippen molar-refractivity contribution >= 4 is 72.5 Å². The fraction of sp³-hybridized carbons (Fsp3) is 0.500. The number of nitrogens with two attached hydrogens (primary N) is 3. The molecule has 3 aliphatic heterocycles. The third-order valence-electron chi connectivity index (χ3n) is 10.7. The Bertz CT molecular complexity index is 2940. The first kappa shape index (κ1) is 45.4. The molecular weight excluding hydrogens is 930 g/mol. The number of anilines is 3. The predicted octanol–water partition coefficient (Wildman–Crippen LogP) is -2.67. The number of fused-ring (bicyclic) bond motifs is 3. The SMILES string of the molecule is [N-]=[N+]=Nc1nc2c(N)ncnc2n1[C@@H]1O[C@H](COP(=O)(O)O[C@@H]2[C@H](O)[C@@H](COP(=O)(O)O[C@@H]3[C@H](O)[C@@H](CO)O[C@H]3n3cnc4c(N)ncnc43)O[C@H]2n2cnc3c(N)ncnc32)[C@@H](O)[C@H]1O. The van der Waals surface area contributed by atoms with Gasteiger partial charge < -0.3 is 66.7 Å². The Morgan fingerprint density at radius 3 is 1.62 bits per heavy atom. The molecule has 0 radical (unpaired) electrons. The van der Waals surface area contributed by atoms with Crippen molar-refractivity contribution in [2.75, 3.05) is 37.0 Å². The van der Waals surface area contributed by atoms with Gasteiger partial charge in [0.25, 0.3) is 0 Å². The number of nitrogen functional groups attached to an aromatic ring is 3. The lowest BCUT2D eigenvalue weighted by Gasteiger charge is -2.25. The molecule has 0 amide bonds. The van der Waals surface area contributed by atoms with Crippen LogP contribution in [-0.4, -0.2) is 169 Å². The van der Waals surface area contributed by atoms with Gasteiger partial charge in [-0.1, -0.05) is 0 Å². The normalized spacial score (nSPS) is 30.8. The summed E-state index contributed by atoms with van der Waals surface area (Å²) in [5, 5.41) is 57.8. The number of ether oxygens (including phenoxy) is 3. The molecule has 2 unspecified atom stereocenters. The number of rotatable bonds is 15. The fourth-order valence-corrected chi connectivity index (χ4v) is 9.42. The van der Waals surface area contributed by atoms with Crippen LogP contribution in [0.1, 0.15) is 18.7 Å². The molecule has 6 aromatic heterocycles. The Kier molecular flexibility index (Phi) is 12.0. The maximum Gasteiger partial charge on any atom is 0.472 e. The summed E-state index contributed by atoms with van der Waals surface area (Å²) in [5.41, 5.74) is 27.0. The van der Waals surface area contributed by atoms with Crippen molar-refractivity contribution in [1.82, 2.24) is 58.6 Å². The summed E-state index contributed by atoms with van der Waals surface area (Å²) in [7, 11) is -10.7. The molecule has 36 heteroatoms. The van der Waals surface area contributed by atoms with E-state index in [1.54, 1.807) is 0 Å². The predicted molar refractivity (Wildman–Crippen MR) is 212 cm³/mol. The average Bonchev–Trinajstić information content (AvgIpc) is 4.14. The Hall–Kier alpha value is -5.74. The maximum atomic E-state index is 13.6. The number of nitrogens with zero attached hydrogens (tertiary/aromatic N) is 15. The highest BCUT2D eigenvalue weighted by Crippen LogP contribution is 2.53. The van der Waals surface area contributed by atoms with Crippen molar-refractivity contribution in [2.24, 2.45) is 5.11 Å². The molecule has 13 N–H and O–H groups in total. The summed E-state index contributed by atoms with van der Waals surface area (Å²) in [6.45, 7) is -2.68. The molecule has 0 aliphatic carbocycles. The Morgan fingerprint density at radius 1 is 0.652 bits per heavy atom. The van der Waals surface area contributed by atoms with Gasteiger partial charge in [-0.3, -0.25) is 31.8 Å². The van der Waals surface area contributed by atoms with Crippen molar-refractivity contribution in [3.63, 3.8) is 0 Å². The number of azide groups is 1. The number of phosphoric acid groups is 2. The summed E-state index contributed by atoms with van der Waals surface area (Å²) < 4.78 is 69.3. The van der Waals surface area contributed by atoms with Crippen LogP contribution in [-0.2, 0) is 41.4 Å². The van der Waals surface area contributed by atoms with E-state index in [2.05, 4.69) is 54.9 Å². The van der Waals surface area contributed by atoms with Crippen LogP contribution in [0.15, 0.2) is 36.8 Å². The number of hydrogen-bond donors (Lipinski definition) is 10. The van der Waals surface area contributed by atoms with Crippen LogP contribution in [0.25, 0.3) is 43.9 Å². The monoisotopic (exact) mass is 966 g/mol. The zero-order valence-electron chi connectivity index (χ0n) is 33.1. The molecule has 34 nitrogen and oxygen atoms in total. The van der Waals surface area contributed by atoms with Gasteiger partial charge in [0.15, 0.2) is 58.6 Å². The summed E-state index contributed by atoms with van der Waals surface area (Å²) in [5.74, 6) is -0.586. The second kappa shape index (κ2) is 17.5. The molecule has 0 saturated carbocycles. The van der Waals surface area contributed by atoms with Crippen molar-refractivity contribution in [1.29, 1.82) is 0 Å². The van der Waals surface area contributed by atoms with Crippen molar-refractivity contribution in [3.8, 4) is 0 Å². The van der Waals surface area contributed by atoms with Gasteiger partial charge >= 0.3 is 15.6 Å². The van der Waals surface area contributed by atoms with E-state index in [1.165, 1.54) is 10.9 Å². The lowest BCUT2D eigenvalue weighted by molar-refractivity contribution is -0.0643. The quantitative estimate of drug-likeness (QED) is 0.0217. The molecule has 3 saturated heterocycles. The molecular formula is C30H36N18O16P2. The lowest BCUT2D eigenvalue weighted by atomic mass is 10.1. The molecule has 352 valence electrons. The second-order valence-corrected chi connectivity index (χ2v) is 17.4. The smallest absolute Gasteiger partial charge is 0.394 e. The van der Waals surface area contributed by atoms with Crippen molar-refractivity contribution < 1.29 is 76.8 Å². The van der Waals surface area contributed by atoms with E-state index in [1.807, 2.05) is 0 Å². The highest BCUT2D eigenvalue weighted by molar-refractivity contribution is 7.47. The van der Waals surface area contributed by atoms with Crippen LogP contribution in [0.4, 0.5) is 23.4 Å². The largest absolute Gasteiger partial charge is 0.472 e. The van der Waals surface area contributed by atoms with Gasteiger partial charge in [-0.05, 0) is 10.6 Å². The third kappa shape index (κ3) is 8.13. The molecule has 3 aliphatic rings. The van der Waals surface area contributed by atoms with Gasteiger partial charge in [-0.25, -0.2) is 54.0 Å². The summed E-state index contributed by atoms with van der Waals surface area (Å²) in [4.78, 5) is 60.8. The highest BCUT2D eigenvalue weighted by atomic mass is 31.2. The molecule has 0 aromatic carbocycles. The Labute approximate surface area is 365 Å². The molecule has 0 spiro atoms. The average molecular weight is 967 g/mol. The number of imidazole rings is 3. The summed E-state index contributed by atoms with van der Waals surface area (Å²) in [6.07, 6.45) is -14.6. The molecule has 9 rings (SSSR count). The van der Waals surface area contributed by atoms with Crippen LogP contribution >= 0.6 is 15.6 Å². The number of aliphatic hydroxyl groups is 5. The van der Waals surface area contributed by atoms with Gasteiger partial charge in [-0.15, -0.1) is 0 Å². The van der Waals surface area contributed by atoms with Gasteiger partial charge in [-0.2, -0.15) is 0 Å². The van der Waals surface area contributed by atoms with Gasteiger partial charge in [0.1, 0.15) is 85.0 Å². The Morgan fingerprint density at radius 2 is 1.11 bits per heavy atom. The molecule has 66 heavy (non-hydrogen) atoms. The summed E-state index contributed by atoms with van der Waals surface area (Å²) in [6, 6.07) is 0. The first-order valence-electron chi connectivity index (χ1n) is 19.0. The van der Waals surface area contributed by atoms with Crippen LogP contribution < -0.4 is 17.2 Å². The fourth-order valence-electron chi connectivity index (χ4n) is 7.56. The van der Waals surface area contributed by atoms with Gasteiger partial charge in [0.05, 0.1) is 32.5 Å². The van der Waals surface area contributed by atoms with E-state index < -0.39 is 109 Å². The van der Waals surface area contributed by atoms with Crippen molar-refractivity contribution in [2.45, 2.75) is 73.6 Å². The van der Waals surface area contributed by atoms with Crippen LogP contribution in [0.2, 0.25) is 0 Å². The Balaban J connectivity index is 0.922. The maximum absolute atomic E-state index is 13.6. The number of aromatic nitrogens is 12. The standard InChI is InChI=1S/C30H36N18O16P2/c31-21-12-24(38-4-35-21)46(7-41-12)28-19(16(51)9(1-49)60-28)63-66(56,57)59-3-11-17(52)20(29(62-11)47-8-42-13-22(32)36-5-39-25(13)47)64-65(54,55)58-2-10-15(50)18(53)27(61-10)48-26-14(23(33)37-6-40-26)43-30(48)44-45-34/h4-11,15-20,27-29,49-53H,1-3H2,(H,54,55)(H,56,57)(H2,31,35,38)(H2,32,36,39)(H2,33,37,40)/t9-,10-,11-,15-,16-,17-,18-,19-,20-,27-,28-,29-/m1/s1.